The molecule has 0 radical (unpaired) electrons. The summed E-state index contributed by atoms with van der Waals surface area (Å²) in [6, 6.07) is 18.6. The Morgan fingerprint density at radius 1 is 1.12 bits per heavy atom. The van der Waals surface area contributed by atoms with Crippen molar-refractivity contribution in [2.45, 2.75) is 6.61 Å². The van der Waals surface area contributed by atoms with Gasteiger partial charge in [0.1, 0.15) is 6.61 Å². The summed E-state index contributed by atoms with van der Waals surface area (Å²) < 4.78 is 22.6. The lowest BCUT2D eigenvalue weighted by molar-refractivity contribution is -0.113. The Morgan fingerprint density at radius 3 is 2.71 bits per heavy atom. The zero-order chi connectivity index (χ0) is 23.7. The standard InChI is InChI=1S/C25H18ClNO5S2/c1-29-21-10-16(9-18(26)23(21)30-13-15-5-3-2-4-6-15)11-22-24(28)27(25(33)34-22)17-7-8-19-20(12-17)32-14-31-19/h2-12H,13-14H2,1H3/b22-11-. The van der Waals surface area contributed by atoms with Gasteiger partial charge in [0.05, 0.1) is 22.7 Å². The first-order chi connectivity index (χ1) is 16.5. The van der Waals surface area contributed by atoms with Crippen LogP contribution >= 0.6 is 35.6 Å². The second-order valence-corrected chi connectivity index (χ2v) is 9.45. The second-order valence-electron chi connectivity index (χ2n) is 7.36. The number of rotatable bonds is 6. The van der Waals surface area contributed by atoms with Gasteiger partial charge >= 0.3 is 0 Å². The van der Waals surface area contributed by atoms with E-state index in [1.54, 1.807) is 43.5 Å². The van der Waals surface area contributed by atoms with E-state index < -0.39 is 0 Å². The average molecular weight is 512 g/mol. The molecule has 3 aromatic carbocycles. The number of amides is 1. The van der Waals surface area contributed by atoms with Gasteiger partial charge in [0, 0.05) is 6.07 Å². The van der Waals surface area contributed by atoms with E-state index in [0.29, 0.717) is 55.1 Å². The van der Waals surface area contributed by atoms with Crippen molar-refractivity contribution >= 4 is 57.6 Å². The van der Waals surface area contributed by atoms with Gasteiger partial charge in [-0.1, -0.05) is 65.9 Å². The van der Waals surface area contributed by atoms with E-state index in [-0.39, 0.29) is 12.7 Å². The van der Waals surface area contributed by atoms with Crippen LogP contribution in [0.1, 0.15) is 11.1 Å². The van der Waals surface area contributed by atoms with Gasteiger partial charge < -0.3 is 18.9 Å². The molecule has 1 fully saturated rings. The van der Waals surface area contributed by atoms with Crippen molar-refractivity contribution in [2.75, 3.05) is 18.8 Å². The highest BCUT2D eigenvalue weighted by Gasteiger charge is 2.34. The fourth-order valence-electron chi connectivity index (χ4n) is 3.56. The minimum atomic E-state index is -0.228. The Balaban J connectivity index is 1.39. The molecule has 1 saturated heterocycles. The van der Waals surface area contributed by atoms with Crippen molar-refractivity contribution in [1.29, 1.82) is 0 Å². The Kier molecular flexibility index (Phi) is 6.36. The Hall–Kier alpha value is -3.20. The summed E-state index contributed by atoms with van der Waals surface area (Å²) in [6.07, 6.45) is 1.74. The molecule has 9 heteroatoms. The zero-order valence-corrected chi connectivity index (χ0v) is 20.3. The van der Waals surface area contributed by atoms with Crippen LogP contribution in [0.5, 0.6) is 23.0 Å². The zero-order valence-electron chi connectivity index (χ0n) is 17.9. The van der Waals surface area contributed by atoms with Gasteiger partial charge in [-0.15, -0.1) is 0 Å². The summed E-state index contributed by atoms with van der Waals surface area (Å²) in [7, 11) is 1.55. The fourth-order valence-corrected chi connectivity index (χ4v) is 5.13. The predicted octanol–water partition coefficient (Wildman–Crippen LogP) is 6.06. The van der Waals surface area contributed by atoms with Crippen LogP contribution < -0.4 is 23.8 Å². The smallest absolute Gasteiger partial charge is 0.270 e. The molecule has 6 nitrogen and oxygen atoms in total. The number of ether oxygens (including phenoxy) is 4. The molecule has 172 valence electrons. The third-order valence-corrected chi connectivity index (χ3v) is 6.77. The number of thioether (sulfide) groups is 1. The number of thiocarbonyl (C=S) groups is 1. The Morgan fingerprint density at radius 2 is 1.91 bits per heavy atom. The summed E-state index contributed by atoms with van der Waals surface area (Å²) in [5, 5.41) is 0.382. The third-order valence-electron chi connectivity index (χ3n) is 5.18. The molecule has 0 unspecified atom stereocenters. The molecule has 0 N–H and O–H groups in total. The molecule has 0 atom stereocenters. The summed E-state index contributed by atoms with van der Waals surface area (Å²) in [4.78, 5) is 15.1. The van der Waals surface area contributed by atoms with Gasteiger partial charge in [-0.05, 0) is 41.5 Å². The van der Waals surface area contributed by atoms with Crippen LogP contribution in [0.15, 0.2) is 65.6 Å². The van der Waals surface area contributed by atoms with Crippen LogP contribution in [0, 0.1) is 0 Å². The van der Waals surface area contributed by atoms with E-state index >= 15 is 0 Å². The number of carbonyl (C=O) groups excluding carboxylic acids is 1. The van der Waals surface area contributed by atoms with Gasteiger partial charge in [0.25, 0.3) is 5.91 Å². The van der Waals surface area contributed by atoms with E-state index in [0.717, 1.165) is 5.56 Å². The van der Waals surface area contributed by atoms with Gasteiger partial charge in [0.15, 0.2) is 27.3 Å². The minimum absolute atomic E-state index is 0.157. The number of benzene rings is 3. The Bertz CT molecular complexity index is 1310. The normalized spacial score (nSPS) is 15.8. The first-order valence-electron chi connectivity index (χ1n) is 10.3. The lowest BCUT2D eigenvalue weighted by Gasteiger charge is -2.15. The molecule has 0 saturated carbocycles. The molecule has 0 spiro atoms. The van der Waals surface area contributed by atoms with Crippen molar-refractivity contribution in [3.8, 4) is 23.0 Å². The third kappa shape index (κ3) is 4.44. The summed E-state index contributed by atoms with van der Waals surface area (Å²) in [5.74, 6) is 1.91. The molecule has 0 bridgehead atoms. The molecule has 3 aromatic rings. The first kappa shape index (κ1) is 22.6. The molecule has 2 aliphatic heterocycles. The molecular formula is C25H18ClNO5S2. The molecule has 2 heterocycles. The molecule has 5 rings (SSSR count). The highest BCUT2D eigenvalue weighted by atomic mass is 35.5. The average Bonchev–Trinajstić information content (AvgIpc) is 3.41. The maximum Gasteiger partial charge on any atom is 0.270 e. The van der Waals surface area contributed by atoms with Crippen LogP contribution in [0.2, 0.25) is 5.02 Å². The molecule has 0 aromatic heterocycles. The lowest BCUT2D eigenvalue weighted by atomic mass is 10.1. The van der Waals surface area contributed by atoms with Crippen LogP contribution in [0.3, 0.4) is 0 Å². The molecule has 34 heavy (non-hydrogen) atoms. The topological polar surface area (TPSA) is 57.2 Å². The molecule has 2 aliphatic rings. The summed E-state index contributed by atoms with van der Waals surface area (Å²) in [5.41, 5.74) is 2.33. The number of halogens is 1. The van der Waals surface area contributed by atoms with Gasteiger partial charge in [-0.25, -0.2) is 0 Å². The van der Waals surface area contributed by atoms with E-state index in [4.69, 9.17) is 42.8 Å². The van der Waals surface area contributed by atoms with E-state index in [1.807, 2.05) is 30.3 Å². The van der Waals surface area contributed by atoms with Crippen molar-refractivity contribution in [1.82, 2.24) is 0 Å². The maximum atomic E-state index is 13.2. The minimum Gasteiger partial charge on any atom is -0.493 e. The number of anilines is 1. The van der Waals surface area contributed by atoms with Crippen LogP contribution in [-0.2, 0) is 11.4 Å². The van der Waals surface area contributed by atoms with E-state index in [9.17, 15) is 4.79 Å². The van der Waals surface area contributed by atoms with Crippen LogP contribution in [0.25, 0.3) is 6.08 Å². The van der Waals surface area contributed by atoms with Crippen molar-refractivity contribution in [3.05, 3.63) is 81.7 Å². The van der Waals surface area contributed by atoms with Crippen LogP contribution in [-0.4, -0.2) is 24.1 Å². The second kappa shape index (κ2) is 9.58. The molecule has 0 aliphatic carbocycles. The van der Waals surface area contributed by atoms with E-state index in [2.05, 4.69) is 0 Å². The summed E-state index contributed by atoms with van der Waals surface area (Å²) >= 11 is 13.2. The van der Waals surface area contributed by atoms with Gasteiger partial charge in [-0.2, -0.15) is 0 Å². The molecular weight excluding hydrogens is 494 g/mol. The molecule has 1 amide bonds. The number of carbonyl (C=O) groups is 1. The van der Waals surface area contributed by atoms with Gasteiger partial charge in [0.2, 0.25) is 6.79 Å². The van der Waals surface area contributed by atoms with E-state index in [1.165, 1.54) is 16.7 Å². The SMILES string of the molecule is COc1cc(/C=C2\SC(=S)N(c3ccc4c(c3)OCO4)C2=O)cc(Cl)c1OCc1ccccc1. The number of hydrogen-bond acceptors (Lipinski definition) is 7. The largest absolute Gasteiger partial charge is 0.493 e. The number of fused-ring (bicyclic) bond motifs is 1. The summed E-state index contributed by atoms with van der Waals surface area (Å²) in [6.45, 7) is 0.509. The van der Waals surface area contributed by atoms with Crippen molar-refractivity contribution in [3.63, 3.8) is 0 Å². The van der Waals surface area contributed by atoms with Crippen LogP contribution in [0.4, 0.5) is 5.69 Å². The monoisotopic (exact) mass is 511 g/mol. The quantitative estimate of drug-likeness (QED) is 0.294. The van der Waals surface area contributed by atoms with Crippen molar-refractivity contribution < 1.29 is 23.7 Å². The van der Waals surface area contributed by atoms with Gasteiger partial charge in [-0.3, -0.25) is 9.69 Å². The first-order valence-corrected chi connectivity index (χ1v) is 11.9. The number of nitrogens with zero attached hydrogens (tertiary/aromatic N) is 1. The Labute approximate surface area is 211 Å². The maximum absolute atomic E-state index is 13.2. The lowest BCUT2D eigenvalue weighted by Crippen LogP contribution is -2.27. The predicted molar refractivity (Wildman–Crippen MR) is 137 cm³/mol. The highest BCUT2D eigenvalue weighted by molar-refractivity contribution is 8.27. The highest BCUT2D eigenvalue weighted by Crippen LogP contribution is 2.42. The number of hydrogen-bond donors (Lipinski definition) is 0. The fraction of sp³-hybridized carbons (Fsp3) is 0.120. The van der Waals surface area contributed by atoms with Crippen molar-refractivity contribution in [2.24, 2.45) is 0 Å². The number of methoxy groups -OCH3 is 1.